The molecule has 0 rings (SSSR count). The van der Waals surface area contributed by atoms with Gasteiger partial charge in [0, 0.05) is 25.7 Å². The van der Waals surface area contributed by atoms with Gasteiger partial charge in [-0.2, -0.15) is 0 Å². The summed E-state index contributed by atoms with van der Waals surface area (Å²) in [6.07, 6.45) is 7.40. The number of aliphatic hydroxyl groups excluding tert-OH is 1. The Bertz CT molecular complexity index is 647. The van der Waals surface area contributed by atoms with Crippen molar-refractivity contribution < 1.29 is 23.9 Å². The van der Waals surface area contributed by atoms with Crippen molar-refractivity contribution in [1.29, 1.82) is 0 Å². The fourth-order valence-electron chi connectivity index (χ4n) is 3.47. The Balaban J connectivity index is 5.66. The van der Waals surface area contributed by atoms with Crippen LogP contribution in [0.15, 0.2) is 24.3 Å². The average Bonchev–Trinajstić information content (AvgIpc) is 2.65. The van der Waals surface area contributed by atoms with Gasteiger partial charge in [0.05, 0.1) is 12.2 Å². The van der Waals surface area contributed by atoms with E-state index in [1.54, 1.807) is 0 Å². The molecule has 0 bridgehead atoms. The van der Waals surface area contributed by atoms with Gasteiger partial charge in [-0.3, -0.25) is 9.59 Å². The molecule has 33 heavy (non-hydrogen) atoms. The van der Waals surface area contributed by atoms with E-state index < -0.39 is 14.4 Å². The first kappa shape index (κ1) is 31.8. The molecule has 5 nitrogen and oxygen atoms in total. The lowest BCUT2D eigenvalue weighted by atomic mass is 9.92. The van der Waals surface area contributed by atoms with Gasteiger partial charge < -0.3 is 14.3 Å². The molecule has 0 unspecified atom stereocenters. The molecule has 0 spiro atoms. The molecule has 0 aliphatic heterocycles. The van der Waals surface area contributed by atoms with E-state index in [1.807, 2.05) is 26.0 Å². The van der Waals surface area contributed by atoms with Crippen molar-refractivity contribution in [3.63, 3.8) is 0 Å². The molecule has 0 aromatic carbocycles. The van der Waals surface area contributed by atoms with E-state index in [2.05, 4.69) is 47.4 Å². The number of aliphatic hydroxyl groups is 1. The lowest BCUT2D eigenvalue weighted by Crippen LogP contribution is -2.46. The summed E-state index contributed by atoms with van der Waals surface area (Å²) in [6, 6.07) is 0. The summed E-state index contributed by atoms with van der Waals surface area (Å²) in [6.45, 7) is 22.0. The predicted octanol–water partition coefficient (Wildman–Crippen LogP) is 6.76. The first-order valence-electron chi connectivity index (χ1n) is 12.5. The molecule has 0 aromatic rings. The molecule has 0 saturated carbocycles. The van der Waals surface area contributed by atoms with Crippen LogP contribution in [0.2, 0.25) is 18.1 Å². The van der Waals surface area contributed by atoms with Crippen LogP contribution in [-0.2, 0) is 18.8 Å². The van der Waals surface area contributed by atoms with Crippen LogP contribution in [0.1, 0.15) is 93.4 Å². The monoisotopic (exact) mass is 482 g/mol. The first-order chi connectivity index (χ1) is 15.1. The summed E-state index contributed by atoms with van der Waals surface area (Å²) in [7, 11) is -2.15. The summed E-state index contributed by atoms with van der Waals surface area (Å²) in [5, 5.41) is 10.3. The maximum atomic E-state index is 13.1. The first-order valence-corrected chi connectivity index (χ1v) is 15.4. The van der Waals surface area contributed by atoms with Gasteiger partial charge in [0.25, 0.3) is 0 Å². The number of rotatable bonds is 16. The summed E-state index contributed by atoms with van der Waals surface area (Å²) in [5.74, 6) is -0.634. The molecule has 4 atom stereocenters. The lowest BCUT2D eigenvalue weighted by Gasteiger charge is -2.40. The topological polar surface area (TPSA) is 72.8 Å². The van der Waals surface area contributed by atoms with Crippen LogP contribution >= 0.6 is 0 Å². The van der Waals surface area contributed by atoms with Gasteiger partial charge in [0.1, 0.15) is 11.9 Å². The Hall–Kier alpha value is -1.24. The summed E-state index contributed by atoms with van der Waals surface area (Å²) >= 11 is 0. The van der Waals surface area contributed by atoms with E-state index in [1.165, 1.54) is 6.92 Å². The lowest BCUT2D eigenvalue weighted by molar-refractivity contribution is -0.146. The standard InChI is InChI=1S/C27H50O5Si/c1-11-13-14-16-23(29)19-25(30)21(4)26(32-33(9,10)27(6,7)8)18-20(3)17-24(15-12-2)31-22(5)28/h11,18,21,23-24,26,29H,1,12-17,19H2,2-10H3/b20-18-/t21-,23+,24+,26+/m0/s1. The highest BCUT2D eigenvalue weighted by Gasteiger charge is 2.40. The number of hydrogen-bond acceptors (Lipinski definition) is 5. The average molecular weight is 483 g/mol. The van der Waals surface area contributed by atoms with E-state index in [-0.39, 0.29) is 41.3 Å². The number of carbonyl (C=O) groups is 2. The number of ether oxygens (including phenoxy) is 1. The normalized spacial score (nSPS) is 16.6. The summed E-state index contributed by atoms with van der Waals surface area (Å²) < 4.78 is 12.2. The van der Waals surface area contributed by atoms with Crippen molar-refractivity contribution in [3.8, 4) is 0 Å². The third-order valence-corrected chi connectivity index (χ3v) is 11.0. The number of carbonyl (C=O) groups excluding carboxylic acids is 2. The Morgan fingerprint density at radius 1 is 1.12 bits per heavy atom. The highest BCUT2D eigenvalue weighted by molar-refractivity contribution is 6.74. The van der Waals surface area contributed by atoms with Crippen LogP contribution in [0.4, 0.5) is 0 Å². The zero-order valence-corrected chi connectivity index (χ0v) is 23.7. The van der Waals surface area contributed by atoms with E-state index in [0.717, 1.165) is 31.3 Å². The Morgan fingerprint density at radius 3 is 2.21 bits per heavy atom. The third-order valence-electron chi connectivity index (χ3n) is 6.56. The van der Waals surface area contributed by atoms with Gasteiger partial charge in [-0.15, -0.1) is 6.58 Å². The molecule has 192 valence electrons. The van der Waals surface area contributed by atoms with Gasteiger partial charge >= 0.3 is 5.97 Å². The minimum atomic E-state index is -2.15. The van der Waals surface area contributed by atoms with E-state index in [9.17, 15) is 14.7 Å². The van der Waals surface area contributed by atoms with Crippen molar-refractivity contribution in [1.82, 2.24) is 0 Å². The van der Waals surface area contributed by atoms with Gasteiger partial charge in [-0.25, -0.2) is 0 Å². The SMILES string of the molecule is C=CCCC[C@@H](O)CC(=O)[C@H](C)[C@@H](/C=C(/C)C[C@@H](CCC)OC(C)=O)O[Si](C)(C)C(C)(C)C. The van der Waals surface area contributed by atoms with Gasteiger partial charge in [-0.1, -0.05) is 58.8 Å². The largest absolute Gasteiger partial charge is 0.462 e. The highest BCUT2D eigenvalue weighted by atomic mass is 28.4. The Kier molecular flexibility index (Phi) is 14.3. The smallest absolute Gasteiger partial charge is 0.302 e. The molecule has 0 aromatic heterocycles. The van der Waals surface area contributed by atoms with E-state index in [0.29, 0.717) is 12.8 Å². The summed E-state index contributed by atoms with van der Waals surface area (Å²) in [5.41, 5.74) is 1.05. The molecule has 6 heteroatoms. The second-order valence-corrected chi connectivity index (χ2v) is 15.7. The van der Waals surface area contributed by atoms with Crippen LogP contribution in [0, 0.1) is 5.92 Å². The van der Waals surface area contributed by atoms with Crippen LogP contribution in [-0.4, -0.2) is 43.5 Å². The molecule has 1 N–H and O–H groups in total. The molecule has 0 amide bonds. The van der Waals surface area contributed by atoms with Crippen LogP contribution in [0.5, 0.6) is 0 Å². The van der Waals surface area contributed by atoms with Crippen molar-refractivity contribution >= 4 is 20.1 Å². The van der Waals surface area contributed by atoms with E-state index in [4.69, 9.17) is 9.16 Å². The maximum Gasteiger partial charge on any atom is 0.302 e. The molecular weight excluding hydrogens is 432 g/mol. The fourth-order valence-corrected chi connectivity index (χ4v) is 4.77. The number of unbranched alkanes of at least 4 members (excludes halogenated alkanes) is 1. The predicted molar refractivity (Wildman–Crippen MR) is 140 cm³/mol. The van der Waals surface area contributed by atoms with Gasteiger partial charge in [-0.05, 0) is 50.7 Å². The summed E-state index contributed by atoms with van der Waals surface area (Å²) in [4.78, 5) is 24.6. The fraction of sp³-hybridized carbons (Fsp3) is 0.778. The number of ketones is 1. The quantitative estimate of drug-likeness (QED) is 0.114. The van der Waals surface area contributed by atoms with Crippen molar-refractivity contribution in [3.05, 3.63) is 24.3 Å². The number of hydrogen-bond donors (Lipinski definition) is 1. The second kappa shape index (κ2) is 14.9. The zero-order chi connectivity index (χ0) is 25.8. The Morgan fingerprint density at radius 2 is 1.73 bits per heavy atom. The van der Waals surface area contributed by atoms with Crippen LogP contribution in [0.25, 0.3) is 0 Å². The minimum absolute atomic E-state index is 0.00243. The molecule has 0 saturated heterocycles. The zero-order valence-electron chi connectivity index (χ0n) is 22.7. The van der Waals surface area contributed by atoms with Crippen LogP contribution in [0.3, 0.4) is 0 Å². The maximum absolute atomic E-state index is 13.1. The number of Topliss-reactive ketones (excluding diaryl/α,β-unsaturated/α-hetero) is 1. The van der Waals surface area contributed by atoms with Crippen molar-refractivity contribution in [2.75, 3.05) is 0 Å². The molecular formula is C27H50O5Si. The van der Waals surface area contributed by atoms with Crippen molar-refractivity contribution in [2.24, 2.45) is 5.92 Å². The minimum Gasteiger partial charge on any atom is -0.462 e. The number of esters is 1. The molecule has 0 heterocycles. The van der Waals surface area contributed by atoms with E-state index >= 15 is 0 Å². The van der Waals surface area contributed by atoms with Crippen molar-refractivity contribution in [2.45, 2.75) is 130 Å². The van der Waals surface area contributed by atoms with Gasteiger partial charge in [0.15, 0.2) is 8.32 Å². The molecule has 0 fully saturated rings. The molecule has 0 radical (unpaired) electrons. The van der Waals surface area contributed by atoms with Crippen LogP contribution < -0.4 is 0 Å². The molecule has 0 aliphatic rings. The second-order valence-electron chi connectivity index (χ2n) is 10.9. The Labute approximate surface area is 204 Å². The third kappa shape index (κ3) is 12.7. The highest BCUT2D eigenvalue weighted by Crippen LogP contribution is 2.38. The van der Waals surface area contributed by atoms with Gasteiger partial charge in [0.2, 0.25) is 0 Å². The number of allylic oxidation sites excluding steroid dienone is 1. The molecule has 0 aliphatic carbocycles.